The largest absolute Gasteiger partial charge is 0.384 e. The van der Waals surface area contributed by atoms with Gasteiger partial charge in [0.25, 0.3) is 5.56 Å². The molecule has 6 heteroatoms. The minimum Gasteiger partial charge on any atom is -0.384 e. The zero-order chi connectivity index (χ0) is 11.8. The van der Waals surface area contributed by atoms with Crippen LogP contribution in [0.1, 0.15) is 11.1 Å². The molecule has 17 heavy (non-hydrogen) atoms. The van der Waals surface area contributed by atoms with Crippen LogP contribution in [0.5, 0.6) is 0 Å². The lowest BCUT2D eigenvalue weighted by atomic mass is 10.1. The molecule has 2 aromatic rings. The van der Waals surface area contributed by atoms with Crippen molar-refractivity contribution >= 4 is 29.5 Å². The number of anilines is 1. The molecule has 1 aliphatic heterocycles. The number of allylic oxidation sites excluding steroid dienone is 1. The van der Waals surface area contributed by atoms with Crippen molar-refractivity contribution in [2.24, 2.45) is 4.99 Å². The van der Waals surface area contributed by atoms with Crippen LogP contribution in [0.3, 0.4) is 0 Å². The van der Waals surface area contributed by atoms with E-state index in [1.54, 1.807) is 18.5 Å². The first-order valence-corrected chi connectivity index (χ1v) is 5.03. The molecule has 0 aromatic carbocycles. The fraction of sp³-hybridized carbons (Fsp3) is 0. The van der Waals surface area contributed by atoms with E-state index in [1.165, 1.54) is 0 Å². The van der Waals surface area contributed by atoms with Crippen LogP contribution in [0, 0.1) is 0 Å². The quantitative estimate of drug-likeness (QED) is 0.675. The molecule has 0 amide bonds. The molecule has 0 unspecified atom stereocenters. The van der Waals surface area contributed by atoms with Gasteiger partial charge >= 0.3 is 0 Å². The molecular formula is C11H9N5O. The maximum Gasteiger partial charge on any atom is 0.273 e. The van der Waals surface area contributed by atoms with Gasteiger partial charge in [0.1, 0.15) is 5.82 Å². The summed E-state index contributed by atoms with van der Waals surface area (Å²) >= 11 is 0. The summed E-state index contributed by atoms with van der Waals surface area (Å²) in [5.74, 6) is 0.970. The molecule has 0 atom stereocenters. The Labute approximate surface area is 95.9 Å². The van der Waals surface area contributed by atoms with E-state index in [1.807, 2.05) is 12.1 Å². The van der Waals surface area contributed by atoms with Gasteiger partial charge in [-0.1, -0.05) is 0 Å². The first-order chi connectivity index (χ1) is 8.25. The highest BCUT2D eigenvalue weighted by Crippen LogP contribution is 2.30. The zero-order valence-electron chi connectivity index (χ0n) is 8.77. The van der Waals surface area contributed by atoms with Gasteiger partial charge in [0.15, 0.2) is 5.82 Å². The first-order valence-electron chi connectivity index (χ1n) is 5.03. The summed E-state index contributed by atoms with van der Waals surface area (Å²) < 4.78 is 0. The maximum atomic E-state index is 11.5. The van der Waals surface area contributed by atoms with Crippen LogP contribution in [0.15, 0.2) is 28.1 Å². The van der Waals surface area contributed by atoms with Crippen molar-refractivity contribution in [3.05, 3.63) is 39.8 Å². The lowest BCUT2D eigenvalue weighted by Crippen LogP contribution is -2.02. The van der Waals surface area contributed by atoms with Gasteiger partial charge in [-0.05, 0) is 18.2 Å². The Morgan fingerprint density at radius 3 is 3.00 bits per heavy atom. The third kappa shape index (κ3) is 1.46. The number of nitrogen functional groups attached to an aromatic ring is 1. The van der Waals surface area contributed by atoms with E-state index >= 15 is 0 Å². The van der Waals surface area contributed by atoms with Crippen molar-refractivity contribution in [1.29, 1.82) is 0 Å². The number of nitrogens with one attached hydrogen (secondary N) is 2. The van der Waals surface area contributed by atoms with Crippen LogP contribution in [0.2, 0.25) is 0 Å². The summed E-state index contributed by atoms with van der Waals surface area (Å²) in [6.45, 7) is 0. The van der Waals surface area contributed by atoms with Gasteiger partial charge < -0.3 is 5.73 Å². The Bertz CT molecular complexity index is 692. The Kier molecular flexibility index (Phi) is 1.94. The summed E-state index contributed by atoms with van der Waals surface area (Å²) in [6, 6.07) is 3.73. The Balaban J connectivity index is 2.15. The molecule has 0 aliphatic carbocycles. The lowest BCUT2D eigenvalue weighted by Gasteiger charge is -1.97. The van der Waals surface area contributed by atoms with E-state index in [-0.39, 0.29) is 5.56 Å². The van der Waals surface area contributed by atoms with Crippen molar-refractivity contribution in [2.75, 3.05) is 5.73 Å². The number of nitrogens with zero attached hydrogens (tertiary/aromatic N) is 2. The van der Waals surface area contributed by atoms with Crippen molar-refractivity contribution in [1.82, 2.24) is 15.2 Å². The monoisotopic (exact) mass is 227 g/mol. The molecule has 4 N–H and O–H groups in total. The number of aromatic amines is 2. The number of fused-ring (bicyclic) bond motifs is 1. The number of aliphatic imine (C=N–C) groups is 1. The molecule has 6 nitrogen and oxygen atoms in total. The second-order valence-corrected chi connectivity index (χ2v) is 3.64. The molecule has 0 saturated carbocycles. The van der Waals surface area contributed by atoms with Crippen molar-refractivity contribution < 1.29 is 0 Å². The molecule has 0 radical (unpaired) electrons. The van der Waals surface area contributed by atoms with E-state index in [0.717, 1.165) is 11.1 Å². The molecule has 0 bridgehead atoms. The van der Waals surface area contributed by atoms with Crippen molar-refractivity contribution in [2.45, 2.75) is 0 Å². The van der Waals surface area contributed by atoms with E-state index in [2.05, 4.69) is 20.2 Å². The molecule has 3 heterocycles. The van der Waals surface area contributed by atoms with Gasteiger partial charge in [0.05, 0.1) is 5.56 Å². The van der Waals surface area contributed by atoms with Crippen molar-refractivity contribution in [3.8, 4) is 0 Å². The standard InChI is InChI=1S/C11H9N5O/c12-9-8(11(17)16-15-9)4-6-5-14-10-7(6)2-1-3-13-10/h1-5H,(H4,12,15,16,17)/b6-4+. The van der Waals surface area contributed by atoms with E-state index in [4.69, 9.17) is 5.73 Å². The number of aromatic nitrogens is 3. The van der Waals surface area contributed by atoms with Crippen LogP contribution in [-0.4, -0.2) is 21.4 Å². The highest BCUT2D eigenvalue weighted by Gasteiger charge is 2.14. The van der Waals surface area contributed by atoms with Crippen LogP contribution in [-0.2, 0) is 0 Å². The number of hydrogen-bond acceptors (Lipinski definition) is 4. The summed E-state index contributed by atoms with van der Waals surface area (Å²) in [6.07, 6.45) is 5.04. The second kappa shape index (κ2) is 3.44. The highest BCUT2D eigenvalue weighted by atomic mass is 16.1. The molecule has 2 aromatic heterocycles. The normalized spacial score (nSPS) is 15.4. The van der Waals surface area contributed by atoms with E-state index in [9.17, 15) is 4.79 Å². The first kappa shape index (κ1) is 9.59. The van der Waals surface area contributed by atoms with E-state index in [0.29, 0.717) is 17.2 Å². The number of rotatable bonds is 1. The molecule has 0 fully saturated rings. The van der Waals surface area contributed by atoms with Gasteiger partial charge in [-0.3, -0.25) is 15.0 Å². The zero-order valence-corrected chi connectivity index (χ0v) is 8.77. The van der Waals surface area contributed by atoms with Gasteiger partial charge in [-0.2, -0.15) is 0 Å². The SMILES string of the molecule is Nc1[nH][nH]c(=O)c1/C=C1\C=Nc2ncccc21. The topological polar surface area (TPSA) is 99.9 Å². The third-order valence-corrected chi connectivity index (χ3v) is 2.57. The molecule has 0 spiro atoms. The molecule has 1 aliphatic rings. The average Bonchev–Trinajstić information content (AvgIpc) is 2.88. The maximum absolute atomic E-state index is 11.5. The predicted octanol–water partition coefficient (Wildman–Crippen LogP) is 0.937. The summed E-state index contributed by atoms with van der Waals surface area (Å²) in [5.41, 5.74) is 7.52. The second-order valence-electron chi connectivity index (χ2n) is 3.64. The Morgan fingerprint density at radius 1 is 1.35 bits per heavy atom. The minimum atomic E-state index is -0.249. The van der Waals surface area contributed by atoms with Gasteiger partial charge in [-0.25, -0.2) is 9.98 Å². The van der Waals surface area contributed by atoms with Gasteiger partial charge in [0, 0.05) is 23.5 Å². The van der Waals surface area contributed by atoms with Crippen LogP contribution >= 0.6 is 0 Å². The van der Waals surface area contributed by atoms with Crippen molar-refractivity contribution in [3.63, 3.8) is 0 Å². The fourth-order valence-corrected chi connectivity index (χ4v) is 1.72. The summed E-state index contributed by atoms with van der Waals surface area (Å²) in [7, 11) is 0. The predicted molar refractivity (Wildman–Crippen MR) is 66.1 cm³/mol. The molecule has 84 valence electrons. The molecule has 3 rings (SSSR count). The molecular weight excluding hydrogens is 218 g/mol. The van der Waals surface area contributed by atoms with Crippen LogP contribution in [0.4, 0.5) is 11.6 Å². The van der Waals surface area contributed by atoms with Crippen LogP contribution in [0.25, 0.3) is 11.6 Å². The summed E-state index contributed by atoms with van der Waals surface area (Å²) in [5, 5.41) is 4.99. The van der Waals surface area contributed by atoms with Gasteiger partial charge in [0.2, 0.25) is 0 Å². The fourth-order valence-electron chi connectivity index (χ4n) is 1.72. The number of H-pyrrole nitrogens is 2. The van der Waals surface area contributed by atoms with Crippen LogP contribution < -0.4 is 11.3 Å². The smallest absolute Gasteiger partial charge is 0.273 e. The van der Waals surface area contributed by atoms with Gasteiger partial charge in [-0.15, -0.1) is 0 Å². The average molecular weight is 227 g/mol. The molecule has 0 saturated heterocycles. The third-order valence-electron chi connectivity index (χ3n) is 2.57. The number of pyridine rings is 1. The Hall–Kier alpha value is -2.63. The lowest BCUT2D eigenvalue weighted by molar-refractivity contribution is 1.06. The minimum absolute atomic E-state index is 0.249. The highest BCUT2D eigenvalue weighted by molar-refractivity contribution is 6.21. The number of hydrogen-bond donors (Lipinski definition) is 3. The Morgan fingerprint density at radius 2 is 2.24 bits per heavy atom. The number of nitrogens with two attached hydrogens (primary N) is 1. The van der Waals surface area contributed by atoms with E-state index < -0.39 is 0 Å². The summed E-state index contributed by atoms with van der Waals surface area (Å²) in [4.78, 5) is 19.7.